The lowest BCUT2D eigenvalue weighted by Crippen LogP contribution is -2.19. The van der Waals surface area contributed by atoms with Crippen molar-refractivity contribution < 1.29 is 0 Å². The van der Waals surface area contributed by atoms with Gasteiger partial charge >= 0.3 is 0 Å². The lowest BCUT2D eigenvalue weighted by molar-refractivity contribution is 0.613. The molecule has 2 aromatic rings. The van der Waals surface area contributed by atoms with Crippen LogP contribution in [0, 0.1) is 0 Å². The SMILES string of the molecule is CC(CNCc1csnn1)c1cccs1. The molecule has 5 heteroatoms. The smallest absolute Gasteiger partial charge is 0.0893 e. The highest BCUT2D eigenvalue weighted by Gasteiger charge is 2.05. The average molecular weight is 239 g/mol. The largest absolute Gasteiger partial charge is 0.310 e. The number of thiophene rings is 1. The topological polar surface area (TPSA) is 37.8 Å². The van der Waals surface area contributed by atoms with E-state index in [-0.39, 0.29) is 0 Å². The Balaban J connectivity index is 1.74. The summed E-state index contributed by atoms with van der Waals surface area (Å²) in [5.74, 6) is 0.566. The third-order valence-electron chi connectivity index (χ3n) is 2.19. The fourth-order valence-electron chi connectivity index (χ4n) is 1.35. The molecule has 0 saturated heterocycles. The summed E-state index contributed by atoms with van der Waals surface area (Å²) in [5.41, 5.74) is 1.03. The third kappa shape index (κ3) is 3.09. The van der Waals surface area contributed by atoms with Crippen molar-refractivity contribution in [2.45, 2.75) is 19.4 Å². The van der Waals surface area contributed by atoms with Gasteiger partial charge in [0.2, 0.25) is 0 Å². The number of aromatic nitrogens is 2. The zero-order valence-electron chi connectivity index (χ0n) is 8.51. The van der Waals surface area contributed by atoms with Crippen molar-refractivity contribution in [3.63, 3.8) is 0 Å². The quantitative estimate of drug-likeness (QED) is 0.871. The van der Waals surface area contributed by atoms with Gasteiger partial charge in [0.15, 0.2) is 0 Å². The zero-order chi connectivity index (χ0) is 10.5. The van der Waals surface area contributed by atoms with Crippen molar-refractivity contribution in [1.29, 1.82) is 0 Å². The second kappa shape index (κ2) is 5.34. The fraction of sp³-hybridized carbons (Fsp3) is 0.400. The highest BCUT2D eigenvalue weighted by Crippen LogP contribution is 2.19. The van der Waals surface area contributed by atoms with Gasteiger partial charge in [0.05, 0.1) is 5.69 Å². The van der Waals surface area contributed by atoms with Crippen LogP contribution in [-0.2, 0) is 6.54 Å². The van der Waals surface area contributed by atoms with E-state index in [9.17, 15) is 0 Å². The highest BCUT2D eigenvalue weighted by molar-refractivity contribution is 7.10. The van der Waals surface area contributed by atoms with E-state index in [4.69, 9.17) is 0 Å². The van der Waals surface area contributed by atoms with Crippen LogP contribution in [0.1, 0.15) is 23.4 Å². The summed E-state index contributed by atoms with van der Waals surface area (Å²) in [6, 6.07) is 4.28. The van der Waals surface area contributed by atoms with Crippen LogP contribution in [0.5, 0.6) is 0 Å². The molecule has 0 aliphatic heterocycles. The van der Waals surface area contributed by atoms with Crippen LogP contribution < -0.4 is 5.32 Å². The van der Waals surface area contributed by atoms with Gasteiger partial charge in [-0.25, -0.2) is 0 Å². The van der Waals surface area contributed by atoms with E-state index in [1.807, 2.05) is 16.7 Å². The summed E-state index contributed by atoms with van der Waals surface area (Å²) in [6.45, 7) is 4.03. The van der Waals surface area contributed by atoms with Crippen molar-refractivity contribution in [2.75, 3.05) is 6.54 Å². The molecule has 0 amide bonds. The molecule has 15 heavy (non-hydrogen) atoms. The first-order chi connectivity index (χ1) is 7.36. The van der Waals surface area contributed by atoms with E-state index in [0.717, 1.165) is 18.8 Å². The van der Waals surface area contributed by atoms with E-state index in [0.29, 0.717) is 5.92 Å². The second-order valence-electron chi connectivity index (χ2n) is 3.44. The summed E-state index contributed by atoms with van der Waals surface area (Å²) in [7, 11) is 0. The minimum absolute atomic E-state index is 0.566. The van der Waals surface area contributed by atoms with Crippen molar-refractivity contribution in [2.24, 2.45) is 0 Å². The lowest BCUT2D eigenvalue weighted by Gasteiger charge is -2.09. The van der Waals surface area contributed by atoms with Gasteiger partial charge in [-0.2, -0.15) is 0 Å². The summed E-state index contributed by atoms with van der Waals surface area (Å²) < 4.78 is 3.82. The standard InChI is InChI=1S/C10H13N3S2/c1-8(10-3-2-4-14-10)5-11-6-9-7-15-13-12-9/h2-4,7-8,11H,5-6H2,1H3. The van der Waals surface area contributed by atoms with Crippen molar-refractivity contribution >= 4 is 22.9 Å². The lowest BCUT2D eigenvalue weighted by atomic mass is 10.1. The molecule has 2 heterocycles. The van der Waals surface area contributed by atoms with E-state index >= 15 is 0 Å². The minimum atomic E-state index is 0.566. The molecule has 1 N–H and O–H groups in total. The van der Waals surface area contributed by atoms with Crippen LogP contribution in [0.25, 0.3) is 0 Å². The van der Waals surface area contributed by atoms with Crippen molar-refractivity contribution in [1.82, 2.24) is 14.9 Å². The highest BCUT2D eigenvalue weighted by atomic mass is 32.1. The van der Waals surface area contributed by atoms with Crippen LogP contribution in [0.15, 0.2) is 22.9 Å². The van der Waals surface area contributed by atoms with Crippen molar-refractivity contribution in [3.8, 4) is 0 Å². The molecule has 0 saturated carbocycles. The molecule has 2 aromatic heterocycles. The summed E-state index contributed by atoms with van der Waals surface area (Å²) in [6.07, 6.45) is 0. The number of hydrogen-bond donors (Lipinski definition) is 1. The second-order valence-corrected chi connectivity index (χ2v) is 5.03. The predicted octanol–water partition coefficient (Wildman–Crippen LogP) is 2.49. The molecular weight excluding hydrogens is 226 g/mol. The maximum Gasteiger partial charge on any atom is 0.0893 e. The Labute approximate surface area is 97.3 Å². The van der Waals surface area contributed by atoms with Crippen LogP contribution in [0.2, 0.25) is 0 Å². The number of nitrogens with one attached hydrogen (secondary N) is 1. The Hall–Kier alpha value is -0.780. The molecule has 3 nitrogen and oxygen atoms in total. The predicted molar refractivity (Wildman–Crippen MR) is 64.3 cm³/mol. The molecule has 0 bridgehead atoms. The number of nitrogens with zero attached hydrogens (tertiary/aromatic N) is 2. The van der Waals surface area contributed by atoms with Gasteiger partial charge in [0.25, 0.3) is 0 Å². The zero-order valence-corrected chi connectivity index (χ0v) is 10.1. The van der Waals surface area contributed by atoms with Crippen LogP contribution in [0.4, 0.5) is 0 Å². The van der Waals surface area contributed by atoms with E-state index in [1.54, 1.807) is 0 Å². The van der Waals surface area contributed by atoms with Gasteiger partial charge in [-0.15, -0.1) is 16.4 Å². The Morgan fingerprint density at radius 1 is 1.53 bits per heavy atom. The van der Waals surface area contributed by atoms with Gasteiger partial charge in [-0.3, -0.25) is 0 Å². The average Bonchev–Trinajstić information content (AvgIpc) is 2.90. The molecule has 1 atom stereocenters. The molecule has 0 spiro atoms. The van der Waals surface area contributed by atoms with E-state index < -0.39 is 0 Å². The normalized spacial score (nSPS) is 12.9. The Bertz CT molecular complexity index is 369. The van der Waals surface area contributed by atoms with Crippen LogP contribution in [-0.4, -0.2) is 16.1 Å². The Morgan fingerprint density at radius 3 is 3.13 bits per heavy atom. The molecule has 0 aliphatic carbocycles. The van der Waals surface area contributed by atoms with Crippen LogP contribution >= 0.6 is 22.9 Å². The monoisotopic (exact) mass is 239 g/mol. The number of hydrogen-bond acceptors (Lipinski definition) is 5. The van der Waals surface area contributed by atoms with Crippen molar-refractivity contribution in [3.05, 3.63) is 33.5 Å². The molecule has 0 radical (unpaired) electrons. The molecule has 0 aromatic carbocycles. The molecule has 0 fully saturated rings. The summed E-state index contributed by atoms with van der Waals surface area (Å²) >= 11 is 3.21. The third-order valence-corrected chi connectivity index (χ3v) is 3.85. The maximum atomic E-state index is 3.98. The Morgan fingerprint density at radius 2 is 2.47 bits per heavy atom. The van der Waals surface area contributed by atoms with Crippen LogP contribution in [0.3, 0.4) is 0 Å². The summed E-state index contributed by atoms with van der Waals surface area (Å²) in [5, 5.41) is 11.5. The van der Waals surface area contributed by atoms with Gasteiger partial charge in [-0.05, 0) is 23.0 Å². The molecule has 1 unspecified atom stereocenters. The Kier molecular flexibility index (Phi) is 3.82. The molecule has 2 rings (SSSR count). The van der Waals surface area contributed by atoms with E-state index in [2.05, 4.69) is 39.3 Å². The van der Waals surface area contributed by atoms with Gasteiger partial charge < -0.3 is 5.32 Å². The van der Waals surface area contributed by atoms with Gasteiger partial charge in [0, 0.05) is 29.3 Å². The first-order valence-electron chi connectivity index (χ1n) is 4.86. The first-order valence-corrected chi connectivity index (χ1v) is 6.58. The first kappa shape index (κ1) is 10.7. The number of rotatable bonds is 5. The van der Waals surface area contributed by atoms with Gasteiger partial charge in [0.1, 0.15) is 0 Å². The summed E-state index contributed by atoms with van der Waals surface area (Å²) in [4.78, 5) is 1.43. The molecular formula is C10H13N3S2. The fourth-order valence-corrected chi connectivity index (χ4v) is 2.59. The molecule has 0 aliphatic rings. The van der Waals surface area contributed by atoms with E-state index in [1.165, 1.54) is 16.4 Å². The van der Waals surface area contributed by atoms with Gasteiger partial charge in [-0.1, -0.05) is 17.5 Å². The molecule has 80 valence electrons. The minimum Gasteiger partial charge on any atom is -0.310 e. The maximum absolute atomic E-state index is 3.98.